The first-order valence-electron chi connectivity index (χ1n) is 17.4. The van der Waals surface area contributed by atoms with Crippen LogP contribution in [-0.4, -0.2) is 81.5 Å². The maximum atomic E-state index is 13.8. The predicted octanol–water partition coefficient (Wildman–Crippen LogP) is 3.35. The predicted molar refractivity (Wildman–Crippen MR) is 191 cm³/mol. The molecule has 3 N–H and O–H groups in total. The zero-order chi connectivity index (χ0) is 35.0. The minimum atomic E-state index is -0.774. The molecule has 1 aliphatic carbocycles. The SMILES string of the molecule is CCC(=O)NC(Cc1ccc(NC(=O)C(NC(=O)c2ccnn2C)C2Cc3ccccc3C2)cc1)C(=O)N1CCN(Cc2ccccc2)CC1. The summed E-state index contributed by atoms with van der Waals surface area (Å²) in [6, 6.07) is 25.9. The summed E-state index contributed by atoms with van der Waals surface area (Å²) in [4.78, 5) is 57.4. The molecule has 2 atom stereocenters. The first-order chi connectivity index (χ1) is 24.3. The van der Waals surface area contributed by atoms with E-state index in [1.807, 2.05) is 47.4 Å². The molecule has 2 aliphatic rings. The van der Waals surface area contributed by atoms with Crippen LogP contribution < -0.4 is 16.0 Å². The standard InChI is InChI=1S/C39H45N7O4/c1-3-35(47)42-33(39(50)46-21-19-45(20-22-46)26-28-9-5-4-6-10-28)23-27-13-15-32(16-14-27)41-38(49)36(43-37(48)34-17-18-40-44(34)2)31-24-29-11-7-8-12-30(29)25-31/h4-18,31,33,36H,3,19-26H2,1-2H3,(H,41,49)(H,42,47)(H,43,48). The maximum absolute atomic E-state index is 13.8. The van der Waals surface area contributed by atoms with Crippen molar-refractivity contribution in [1.29, 1.82) is 0 Å². The van der Waals surface area contributed by atoms with Gasteiger partial charge in [0.25, 0.3) is 5.91 Å². The molecule has 260 valence electrons. The number of nitrogens with one attached hydrogen (secondary N) is 3. The number of anilines is 1. The largest absolute Gasteiger partial charge is 0.344 e. The molecule has 1 aliphatic heterocycles. The average molecular weight is 676 g/mol. The summed E-state index contributed by atoms with van der Waals surface area (Å²) < 4.78 is 1.49. The first kappa shape index (κ1) is 34.6. The third-order valence-electron chi connectivity index (χ3n) is 9.73. The average Bonchev–Trinajstić information content (AvgIpc) is 3.77. The summed E-state index contributed by atoms with van der Waals surface area (Å²) in [6.07, 6.45) is 3.52. The number of aromatic nitrogens is 2. The molecule has 4 aromatic rings. The normalized spacial score (nSPS) is 15.9. The fourth-order valence-corrected chi connectivity index (χ4v) is 6.90. The molecule has 11 heteroatoms. The Kier molecular flexibility index (Phi) is 11.0. The Morgan fingerprint density at radius 2 is 1.46 bits per heavy atom. The fourth-order valence-electron chi connectivity index (χ4n) is 6.90. The van der Waals surface area contributed by atoms with Gasteiger partial charge in [-0.1, -0.05) is 73.7 Å². The topological polar surface area (TPSA) is 129 Å². The van der Waals surface area contributed by atoms with Crippen molar-refractivity contribution in [3.8, 4) is 0 Å². The molecule has 0 bridgehead atoms. The van der Waals surface area contributed by atoms with Crippen LogP contribution in [0.25, 0.3) is 0 Å². The summed E-state index contributed by atoms with van der Waals surface area (Å²) in [7, 11) is 1.69. The van der Waals surface area contributed by atoms with E-state index in [-0.39, 0.29) is 36.0 Å². The van der Waals surface area contributed by atoms with Crippen LogP contribution >= 0.6 is 0 Å². The van der Waals surface area contributed by atoms with Crippen LogP contribution in [0.3, 0.4) is 0 Å². The van der Waals surface area contributed by atoms with E-state index in [1.165, 1.54) is 21.4 Å². The molecule has 2 heterocycles. The Hall–Kier alpha value is -5.29. The van der Waals surface area contributed by atoms with Gasteiger partial charge < -0.3 is 20.9 Å². The lowest BCUT2D eigenvalue weighted by atomic mass is 9.95. The fraction of sp³-hybridized carbons (Fsp3) is 0.359. The quantitative estimate of drug-likeness (QED) is 0.211. The monoisotopic (exact) mass is 675 g/mol. The molecule has 0 saturated carbocycles. The number of amides is 4. The smallest absolute Gasteiger partial charge is 0.270 e. The van der Waals surface area contributed by atoms with Gasteiger partial charge in [-0.25, -0.2) is 0 Å². The summed E-state index contributed by atoms with van der Waals surface area (Å²) in [5, 5.41) is 13.0. The van der Waals surface area contributed by atoms with Gasteiger partial charge in [0.05, 0.1) is 0 Å². The number of rotatable bonds is 12. The van der Waals surface area contributed by atoms with E-state index in [9.17, 15) is 19.2 Å². The van der Waals surface area contributed by atoms with Gasteiger partial charge in [0.1, 0.15) is 17.8 Å². The van der Waals surface area contributed by atoms with Crippen molar-refractivity contribution in [3.63, 3.8) is 0 Å². The summed E-state index contributed by atoms with van der Waals surface area (Å²) in [6.45, 7) is 5.33. The lowest BCUT2D eigenvalue weighted by Gasteiger charge is -2.36. The number of carbonyl (C=O) groups excluding carboxylic acids is 4. The van der Waals surface area contributed by atoms with Crippen LogP contribution in [0.1, 0.15) is 46.1 Å². The van der Waals surface area contributed by atoms with E-state index in [2.05, 4.69) is 50.2 Å². The van der Waals surface area contributed by atoms with Crippen LogP contribution in [0.2, 0.25) is 0 Å². The lowest BCUT2D eigenvalue weighted by molar-refractivity contribution is -0.138. The van der Waals surface area contributed by atoms with E-state index in [1.54, 1.807) is 38.4 Å². The van der Waals surface area contributed by atoms with Gasteiger partial charge in [-0.15, -0.1) is 0 Å². The summed E-state index contributed by atoms with van der Waals surface area (Å²) in [5.74, 6) is -1.05. The number of piperazine rings is 1. The molecule has 4 amide bonds. The van der Waals surface area contributed by atoms with Crippen molar-refractivity contribution < 1.29 is 19.2 Å². The van der Waals surface area contributed by atoms with Gasteiger partial charge in [0.2, 0.25) is 17.7 Å². The van der Waals surface area contributed by atoms with E-state index < -0.39 is 12.1 Å². The zero-order valence-corrected chi connectivity index (χ0v) is 28.7. The van der Waals surface area contributed by atoms with Gasteiger partial charge in [0, 0.05) is 64.5 Å². The van der Waals surface area contributed by atoms with Gasteiger partial charge in [-0.2, -0.15) is 5.10 Å². The minimum Gasteiger partial charge on any atom is -0.344 e. The number of hydrogen-bond acceptors (Lipinski definition) is 6. The molecule has 50 heavy (non-hydrogen) atoms. The van der Waals surface area contributed by atoms with Crippen LogP contribution in [0.5, 0.6) is 0 Å². The Balaban J connectivity index is 1.09. The minimum absolute atomic E-state index is 0.0897. The van der Waals surface area contributed by atoms with Crippen LogP contribution in [0.15, 0.2) is 91.1 Å². The van der Waals surface area contributed by atoms with Crippen molar-refractivity contribution in [1.82, 2.24) is 30.2 Å². The van der Waals surface area contributed by atoms with Crippen LogP contribution in [0, 0.1) is 5.92 Å². The molecule has 3 aromatic carbocycles. The third-order valence-corrected chi connectivity index (χ3v) is 9.73. The second kappa shape index (κ2) is 15.9. The Morgan fingerprint density at radius 1 is 0.800 bits per heavy atom. The summed E-state index contributed by atoms with van der Waals surface area (Å²) in [5.41, 5.74) is 5.41. The molecule has 1 aromatic heterocycles. The Morgan fingerprint density at radius 3 is 2.08 bits per heavy atom. The maximum Gasteiger partial charge on any atom is 0.270 e. The highest BCUT2D eigenvalue weighted by atomic mass is 16.2. The molecule has 6 rings (SSSR count). The number of nitrogens with zero attached hydrogens (tertiary/aromatic N) is 4. The molecule has 0 spiro atoms. The summed E-state index contributed by atoms with van der Waals surface area (Å²) >= 11 is 0. The van der Waals surface area contributed by atoms with E-state index in [0.717, 1.165) is 25.2 Å². The lowest BCUT2D eigenvalue weighted by Crippen LogP contribution is -2.55. The molecule has 0 radical (unpaired) electrons. The van der Waals surface area contributed by atoms with Gasteiger partial charge in [-0.3, -0.25) is 28.8 Å². The number of benzene rings is 3. The van der Waals surface area contributed by atoms with Crippen molar-refractivity contribution >= 4 is 29.3 Å². The first-order valence-corrected chi connectivity index (χ1v) is 17.4. The number of hydrogen-bond donors (Lipinski definition) is 3. The van der Waals surface area contributed by atoms with Crippen molar-refractivity contribution in [2.24, 2.45) is 13.0 Å². The van der Waals surface area contributed by atoms with E-state index >= 15 is 0 Å². The van der Waals surface area contributed by atoms with Crippen molar-refractivity contribution in [3.05, 3.63) is 119 Å². The second-order valence-electron chi connectivity index (χ2n) is 13.2. The van der Waals surface area contributed by atoms with Crippen LogP contribution in [0.4, 0.5) is 5.69 Å². The highest BCUT2D eigenvalue weighted by molar-refractivity contribution is 6.00. The molecule has 2 unspecified atom stereocenters. The molecule has 1 fully saturated rings. The van der Waals surface area contributed by atoms with Crippen molar-refractivity contribution in [2.75, 3.05) is 31.5 Å². The second-order valence-corrected chi connectivity index (χ2v) is 13.2. The third kappa shape index (κ3) is 8.46. The number of carbonyl (C=O) groups is 4. The number of fused-ring (bicyclic) bond motifs is 1. The van der Waals surface area contributed by atoms with Crippen molar-refractivity contribution in [2.45, 2.75) is 51.2 Å². The van der Waals surface area contributed by atoms with Crippen LogP contribution in [-0.2, 0) is 47.2 Å². The zero-order valence-electron chi connectivity index (χ0n) is 28.7. The van der Waals surface area contributed by atoms with E-state index in [4.69, 9.17) is 0 Å². The highest BCUT2D eigenvalue weighted by Gasteiger charge is 2.35. The molecular formula is C39H45N7O4. The molecular weight excluding hydrogens is 630 g/mol. The van der Waals surface area contributed by atoms with Gasteiger partial charge >= 0.3 is 0 Å². The highest BCUT2D eigenvalue weighted by Crippen LogP contribution is 2.29. The molecule has 11 nitrogen and oxygen atoms in total. The van der Waals surface area contributed by atoms with E-state index in [0.29, 0.717) is 43.7 Å². The van der Waals surface area contributed by atoms with Gasteiger partial charge in [0.15, 0.2) is 0 Å². The number of aryl methyl sites for hydroxylation is 1. The van der Waals surface area contributed by atoms with Gasteiger partial charge in [-0.05, 0) is 59.2 Å². The Bertz CT molecular complexity index is 1770. The molecule has 1 saturated heterocycles. The Labute approximate surface area is 293 Å².